The van der Waals surface area contributed by atoms with Crippen LogP contribution in [0.1, 0.15) is 23.0 Å². The van der Waals surface area contributed by atoms with Crippen molar-refractivity contribution in [2.75, 3.05) is 13.1 Å². The summed E-state index contributed by atoms with van der Waals surface area (Å²) in [5, 5.41) is 6.52. The van der Waals surface area contributed by atoms with Crippen LogP contribution in [0.5, 0.6) is 0 Å². The molecule has 0 radical (unpaired) electrons. The average molecular weight is 191 g/mol. The Morgan fingerprint density at radius 2 is 2.50 bits per heavy atom. The lowest BCUT2D eigenvalue weighted by atomic mass is 10.2. The number of nitrogens with one attached hydrogen (secondary N) is 1. The number of terminal acetylenes is 1. The van der Waals surface area contributed by atoms with E-state index in [1.807, 2.05) is 13.8 Å². The Bertz CT molecular complexity index is 362. The van der Waals surface area contributed by atoms with Crippen molar-refractivity contribution in [1.29, 1.82) is 0 Å². The number of aromatic amines is 1. The van der Waals surface area contributed by atoms with Gasteiger partial charge in [0.25, 0.3) is 5.91 Å². The van der Waals surface area contributed by atoms with Crippen molar-refractivity contribution in [2.24, 2.45) is 0 Å². The molecular weight excluding hydrogens is 178 g/mol. The van der Waals surface area contributed by atoms with Crippen molar-refractivity contribution < 1.29 is 4.79 Å². The number of aryl methyl sites for hydroxylation is 1. The molecule has 1 amide bonds. The van der Waals surface area contributed by atoms with E-state index in [0.29, 0.717) is 18.7 Å². The minimum absolute atomic E-state index is 0.0725. The number of hydrogen-bond acceptors (Lipinski definition) is 2. The Kier molecular flexibility index (Phi) is 3.29. The first kappa shape index (κ1) is 10.3. The predicted octanol–water partition coefficient (Wildman–Crippen LogP) is 0.813. The van der Waals surface area contributed by atoms with Crippen LogP contribution in [-0.4, -0.2) is 34.1 Å². The van der Waals surface area contributed by atoms with Gasteiger partial charge in [-0.2, -0.15) is 5.10 Å². The lowest BCUT2D eigenvalue weighted by Gasteiger charge is -2.17. The van der Waals surface area contributed by atoms with Crippen molar-refractivity contribution in [1.82, 2.24) is 15.1 Å². The van der Waals surface area contributed by atoms with Gasteiger partial charge in [0.15, 0.2) is 0 Å². The van der Waals surface area contributed by atoms with Gasteiger partial charge >= 0.3 is 0 Å². The molecular formula is C10H13N3O. The standard InChI is InChI=1S/C10H13N3O/c1-4-6-13(5-2)10(14)9-7-11-12-8(9)3/h1,7H,5-6H2,2-3H3,(H,11,12). The molecule has 0 aliphatic heterocycles. The quantitative estimate of drug-likeness (QED) is 0.719. The summed E-state index contributed by atoms with van der Waals surface area (Å²) in [4.78, 5) is 13.4. The minimum Gasteiger partial charge on any atom is -0.328 e. The molecule has 0 spiro atoms. The molecule has 0 atom stereocenters. The van der Waals surface area contributed by atoms with Gasteiger partial charge in [-0.3, -0.25) is 9.89 Å². The third kappa shape index (κ3) is 1.94. The molecule has 14 heavy (non-hydrogen) atoms. The number of H-pyrrole nitrogens is 1. The minimum atomic E-state index is -0.0725. The van der Waals surface area contributed by atoms with Crippen molar-refractivity contribution in [3.8, 4) is 12.3 Å². The van der Waals surface area contributed by atoms with E-state index in [-0.39, 0.29) is 5.91 Å². The van der Waals surface area contributed by atoms with Gasteiger partial charge in [-0.25, -0.2) is 0 Å². The number of hydrogen-bond donors (Lipinski definition) is 1. The Morgan fingerprint density at radius 1 is 1.79 bits per heavy atom. The first-order valence-corrected chi connectivity index (χ1v) is 4.43. The van der Waals surface area contributed by atoms with Crippen LogP contribution >= 0.6 is 0 Å². The highest BCUT2D eigenvalue weighted by atomic mass is 16.2. The summed E-state index contributed by atoms with van der Waals surface area (Å²) in [6.07, 6.45) is 6.69. The summed E-state index contributed by atoms with van der Waals surface area (Å²) < 4.78 is 0. The maximum absolute atomic E-state index is 11.8. The normalized spacial score (nSPS) is 9.50. The van der Waals surface area contributed by atoms with E-state index in [9.17, 15) is 4.79 Å². The summed E-state index contributed by atoms with van der Waals surface area (Å²) in [6, 6.07) is 0. The Labute approximate surface area is 83.3 Å². The van der Waals surface area contributed by atoms with Crippen LogP contribution in [0.15, 0.2) is 6.20 Å². The summed E-state index contributed by atoms with van der Waals surface area (Å²) in [7, 11) is 0. The lowest BCUT2D eigenvalue weighted by molar-refractivity contribution is 0.0784. The second kappa shape index (κ2) is 4.47. The monoisotopic (exact) mass is 191 g/mol. The van der Waals surface area contributed by atoms with E-state index in [1.165, 1.54) is 6.20 Å². The molecule has 0 bridgehead atoms. The summed E-state index contributed by atoms with van der Waals surface area (Å²) in [6.45, 7) is 4.64. The molecule has 0 aliphatic carbocycles. The van der Waals surface area contributed by atoms with Crippen LogP contribution in [0.3, 0.4) is 0 Å². The largest absolute Gasteiger partial charge is 0.328 e. The van der Waals surface area contributed by atoms with Crippen LogP contribution in [0.2, 0.25) is 0 Å². The van der Waals surface area contributed by atoms with Gasteiger partial charge in [-0.05, 0) is 13.8 Å². The van der Waals surface area contributed by atoms with Crippen molar-refractivity contribution in [3.63, 3.8) is 0 Å². The number of nitrogens with zero attached hydrogens (tertiary/aromatic N) is 2. The molecule has 0 saturated carbocycles. The van der Waals surface area contributed by atoms with Gasteiger partial charge in [0.2, 0.25) is 0 Å². The Balaban J connectivity index is 2.84. The Hall–Kier alpha value is -1.76. The highest BCUT2D eigenvalue weighted by molar-refractivity contribution is 5.95. The zero-order valence-electron chi connectivity index (χ0n) is 8.37. The molecule has 1 rings (SSSR count). The number of rotatable bonds is 3. The van der Waals surface area contributed by atoms with E-state index < -0.39 is 0 Å². The fraction of sp³-hybridized carbons (Fsp3) is 0.400. The maximum Gasteiger partial charge on any atom is 0.258 e. The first-order valence-electron chi connectivity index (χ1n) is 4.43. The van der Waals surface area contributed by atoms with Crippen LogP contribution in [0, 0.1) is 19.3 Å². The SMILES string of the molecule is C#CCN(CC)C(=O)c1cn[nH]c1C. The summed E-state index contributed by atoms with van der Waals surface area (Å²) in [5.74, 6) is 2.38. The number of carbonyl (C=O) groups is 1. The molecule has 4 heteroatoms. The highest BCUT2D eigenvalue weighted by Crippen LogP contribution is 2.06. The van der Waals surface area contributed by atoms with Crippen molar-refractivity contribution in [3.05, 3.63) is 17.5 Å². The predicted molar refractivity (Wildman–Crippen MR) is 53.7 cm³/mol. The van der Waals surface area contributed by atoms with Crippen molar-refractivity contribution >= 4 is 5.91 Å². The van der Waals surface area contributed by atoms with E-state index >= 15 is 0 Å². The molecule has 1 aromatic rings. The topological polar surface area (TPSA) is 49.0 Å². The number of amides is 1. The third-order valence-electron chi connectivity index (χ3n) is 2.01. The first-order chi connectivity index (χ1) is 6.70. The molecule has 0 fully saturated rings. The average Bonchev–Trinajstić information content (AvgIpc) is 2.59. The van der Waals surface area contributed by atoms with Gasteiger partial charge in [-0.15, -0.1) is 6.42 Å². The van der Waals surface area contributed by atoms with E-state index in [1.54, 1.807) is 4.90 Å². The molecule has 0 aliphatic rings. The molecule has 1 heterocycles. The van der Waals surface area contributed by atoms with Crippen LogP contribution in [0.4, 0.5) is 0 Å². The fourth-order valence-corrected chi connectivity index (χ4v) is 1.17. The van der Waals surface area contributed by atoms with Gasteiger partial charge in [-0.1, -0.05) is 5.92 Å². The molecule has 4 nitrogen and oxygen atoms in total. The molecule has 0 aromatic carbocycles. The Morgan fingerprint density at radius 3 is 2.93 bits per heavy atom. The fourth-order valence-electron chi connectivity index (χ4n) is 1.17. The summed E-state index contributed by atoms with van der Waals surface area (Å²) in [5.41, 5.74) is 1.35. The number of aromatic nitrogens is 2. The highest BCUT2D eigenvalue weighted by Gasteiger charge is 2.16. The van der Waals surface area contributed by atoms with Crippen LogP contribution in [-0.2, 0) is 0 Å². The molecule has 0 saturated heterocycles. The zero-order valence-corrected chi connectivity index (χ0v) is 8.37. The second-order valence-electron chi connectivity index (χ2n) is 2.93. The zero-order chi connectivity index (χ0) is 10.6. The van der Waals surface area contributed by atoms with E-state index in [4.69, 9.17) is 6.42 Å². The second-order valence-corrected chi connectivity index (χ2v) is 2.93. The van der Waals surface area contributed by atoms with Crippen LogP contribution in [0.25, 0.3) is 0 Å². The third-order valence-corrected chi connectivity index (χ3v) is 2.01. The molecule has 1 N–H and O–H groups in total. The van der Waals surface area contributed by atoms with Gasteiger partial charge in [0.05, 0.1) is 18.3 Å². The maximum atomic E-state index is 11.8. The van der Waals surface area contributed by atoms with Gasteiger partial charge in [0.1, 0.15) is 0 Å². The molecule has 74 valence electrons. The van der Waals surface area contributed by atoms with Gasteiger partial charge in [0, 0.05) is 12.2 Å². The van der Waals surface area contributed by atoms with E-state index in [0.717, 1.165) is 5.69 Å². The molecule has 1 aromatic heterocycles. The van der Waals surface area contributed by atoms with E-state index in [2.05, 4.69) is 16.1 Å². The van der Waals surface area contributed by atoms with Crippen LogP contribution < -0.4 is 0 Å². The molecule has 0 unspecified atom stereocenters. The number of carbonyl (C=O) groups excluding carboxylic acids is 1. The smallest absolute Gasteiger partial charge is 0.258 e. The van der Waals surface area contributed by atoms with Gasteiger partial charge < -0.3 is 4.90 Å². The van der Waals surface area contributed by atoms with Crippen molar-refractivity contribution in [2.45, 2.75) is 13.8 Å². The lowest BCUT2D eigenvalue weighted by Crippen LogP contribution is -2.31. The summed E-state index contributed by atoms with van der Waals surface area (Å²) >= 11 is 0.